The first kappa shape index (κ1) is 16.4. The summed E-state index contributed by atoms with van der Waals surface area (Å²) in [5.74, 6) is -0.223. The number of halogens is 3. The topological polar surface area (TPSA) is 29.1 Å². The maximum Gasteiger partial charge on any atom is 0.251 e. The lowest BCUT2D eigenvalue weighted by Crippen LogP contribution is -2.38. The van der Waals surface area contributed by atoms with Crippen LogP contribution >= 0.6 is 27.5 Å². The van der Waals surface area contributed by atoms with E-state index in [1.807, 2.05) is 0 Å². The Hall–Kier alpha value is -0.610. The van der Waals surface area contributed by atoms with Crippen LogP contribution in [0.5, 0.6) is 0 Å². The second-order valence-corrected chi connectivity index (χ2v) is 5.77. The van der Waals surface area contributed by atoms with Crippen LogP contribution in [0.2, 0.25) is 0 Å². The van der Waals surface area contributed by atoms with Crippen molar-refractivity contribution in [3.8, 4) is 0 Å². The van der Waals surface area contributed by atoms with Crippen molar-refractivity contribution in [3.05, 3.63) is 34.1 Å². The van der Waals surface area contributed by atoms with Crippen LogP contribution in [0.25, 0.3) is 0 Å². The summed E-state index contributed by atoms with van der Waals surface area (Å²) in [4.78, 5) is 12.0. The number of rotatable bonds is 6. The Morgan fingerprint density at radius 2 is 2.05 bits per heavy atom. The smallest absolute Gasteiger partial charge is 0.251 e. The Labute approximate surface area is 126 Å². The molecule has 0 bridgehead atoms. The fourth-order valence-electron chi connectivity index (χ4n) is 1.74. The molecule has 0 aliphatic heterocycles. The second-order valence-electron chi connectivity index (χ2n) is 4.65. The van der Waals surface area contributed by atoms with E-state index in [9.17, 15) is 9.18 Å². The van der Waals surface area contributed by atoms with E-state index < -0.39 is 5.82 Å². The number of nitrogens with one attached hydrogen (secondary N) is 1. The lowest BCUT2D eigenvalue weighted by molar-refractivity contribution is 0.0931. The van der Waals surface area contributed by atoms with E-state index >= 15 is 0 Å². The Morgan fingerprint density at radius 3 is 2.53 bits per heavy atom. The highest BCUT2D eigenvalue weighted by Crippen LogP contribution is 2.27. The molecule has 0 radical (unpaired) electrons. The first-order valence-electron chi connectivity index (χ1n) is 6.27. The zero-order chi connectivity index (χ0) is 14.5. The molecule has 0 aliphatic rings. The number of benzene rings is 1. The quantitative estimate of drug-likeness (QED) is 0.759. The van der Waals surface area contributed by atoms with E-state index in [0.29, 0.717) is 22.5 Å². The van der Waals surface area contributed by atoms with Crippen LogP contribution in [0, 0.1) is 11.2 Å². The molecule has 0 spiro atoms. The minimum Gasteiger partial charge on any atom is -0.351 e. The van der Waals surface area contributed by atoms with Crippen molar-refractivity contribution in [2.45, 2.75) is 26.7 Å². The van der Waals surface area contributed by atoms with Gasteiger partial charge in [-0.15, -0.1) is 11.6 Å². The van der Waals surface area contributed by atoms with Crippen molar-refractivity contribution in [2.24, 2.45) is 5.41 Å². The Morgan fingerprint density at radius 1 is 1.42 bits per heavy atom. The van der Waals surface area contributed by atoms with Crippen LogP contribution in [0.15, 0.2) is 22.7 Å². The average molecular weight is 351 g/mol. The number of hydrogen-bond acceptors (Lipinski definition) is 1. The summed E-state index contributed by atoms with van der Waals surface area (Å²) in [5.41, 5.74) is 0.224. The first-order chi connectivity index (χ1) is 8.98. The van der Waals surface area contributed by atoms with Gasteiger partial charge in [-0.25, -0.2) is 4.39 Å². The van der Waals surface area contributed by atoms with Gasteiger partial charge in [0.1, 0.15) is 5.82 Å². The summed E-state index contributed by atoms with van der Waals surface area (Å²) in [6.45, 7) is 4.61. The highest BCUT2D eigenvalue weighted by Gasteiger charge is 2.25. The van der Waals surface area contributed by atoms with Crippen LogP contribution in [-0.4, -0.2) is 18.3 Å². The molecule has 1 aromatic carbocycles. The van der Waals surface area contributed by atoms with E-state index in [1.54, 1.807) is 6.07 Å². The summed E-state index contributed by atoms with van der Waals surface area (Å²) in [5, 5.41) is 2.83. The molecule has 5 heteroatoms. The molecule has 0 saturated heterocycles. The molecule has 2 nitrogen and oxygen atoms in total. The maximum atomic E-state index is 13.4. The van der Waals surface area contributed by atoms with Gasteiger partial charge in [0.05, 0.1) is 4.47 Å². The van der Waals surface area contributed by atoms with Crippen LogP contribution in [0.3, 0.4) is 0 Å². The molecule has 0 heterocycles. The molecule has 19 heavy (non-hydrogen) atoms. The summed E-state index contributed by atoms with van der Waals surface area (Å²) >= 11 is 9.04. The number of carbonyl (C=O) groups excluding carboxylic acids is 1. The predicted octanol–water partition coefficient (Wildman–Crippen LogP) is 4.36. The third kappa shape index (κ3) is 4.18. The van der Waals surface area contributed by atoms with Gasteiger partial charge >= 0.3 is 0 Å². The van der Waals surface area contributed by atoms with Crippen LogP contribution in [-0.2, 0) is 0 Å². The van der Waals surface area contributed by atoms with E-state index in [-0.39, 0.29) is 11.3 Å². The largest absolute Gasteiger partial charge is 0.351 e. The van der Waals surface area contributed by atoms with Gasteiger partial charge in [0.25, 0.3) is 5.91 Å². The van der Waals surface area contributed by atoms with Crippen molar-refractivity contribution in [3.63, 3.8) is 0 Å². The third-order valence-corrected chi connectivity index (χ3v) is 4.80. The molecule has 0 aromatic heterocycles. The lowest BCUT2D eigenvalue weighted by Gasteiger charge is -2.29. The zero-order valence-electron chi connectivity index (χ0n) is 11.1. The van der Waals surface area contributed by atoms with Gasteiger partial charge in [-0.1, -0.05) is 13.8 Å². The van der Waals surface area contributed by atoms with Crippen molar-refractivity contribution >= 4 is 33.4 Å². The zero-order valence-corrected chi connectivity index (χ0v) is 13.4. The van der Waals surface area contributed by atoms with Gasteiger partial charge in [0.2, 0.25) is 0 Å². The summed E-state index contributed by atoms with van der Waals surface area (Å²) in [6, 6.07) is 4.33. The highest BCUT2D eigenvalue weighted by molar-refractivity contribution is 9.10. The van der Waals surface area contributed by atoms with Gasteiger partial charge < -0.3 is 5.32 Å². The molecular formula is C14H18BrClFNO. The molecule has 1 aromatic rings. The van der Waals surface area contributed by atoms with Gasteiger partial charge in [-0.3, -0.25) is 4.79 Å². The number of carbonyl (C=O) groups is 1. The van der Waals surface area contributed by atoms with Crippen molar-refractivity contribution in [1.82, 2.24) is 5.32 Å². The van der Waals surface area contributed by atoms with Crippen LogP contribution in [0.1, 0.15) is 37.0 Å². The van der Waals surface area contributed by atoms with Crippen molar-refractivity contribution in [1.29, 1.82) is 0 Å². The second kappa shape index (κ2) is 7.25. The molecule has 0 atom stereocenters. The molecular weight excluding hydrogens is 333 g/mol. The van der Waals surface area contributed by atoms with E-state index in [2.05, 4.69) is 35.1 Å². The molecule has 1 N–H and O–H groups in total. The minimum absolute atomic E-state index is 0.0921. The number of alkyl halides is 1. The third-order valence-electron chi connectivity index (χ3n) is 3.59. The SMILES string of the molecule is CCC(CC)(CCl)CNC(=O)c1ccc(Br)c(F)c1. The number of amides is 1. The van der Waals surface area contributed by atoms with E-state index in [0.717, 1.165) is 12.8 Å². The molecule has 0 aliphatic carbocycles. The molecule has 0 saturated carbocycles. The van der Waals surface area contributed by atoms with Crippen molar-refractivity contribution in [2.75, 3.05) is 12.4 Å². The average Bonchev–Trinajstić information content (AvgIpc) is 2.43. The molecule has 106 valence electrons. The van der Waals surface area contributed by atoms with E-state index in [4.69, 9.17) is 11.6 Å². The van der Waals surface area contributed by atoms with Gasteiger partial charge in [0.15, 0.2) is 0 Å². The molecule has 1 rings (SSSR count). The predicted molar refractivity (Wildman–Crippen MR) is 80.2 cm³/mol. The van der Waals surface area contributed by atoms with E-state index in [1.165, 1.54) is 12.1 Å². The summed E-state index contributed by atoms with van der Waals surface area (Å²) in [6.07, 6.45) is 1.78. The summed E-state index contributed by atoms with van der Waals surface area (Å²) < 4.78 is 13.7. The number of hydrogen-bond donors (Lipinski definition) is 1. The summed E-state index contributed by atoms with van der Waals surface area (Å²) in [7, 11) is 0. The van der Waals surface area contributed by atoms with Crippen molar-refractivity contribution < 1.29 is 9.18 Å². The fourth-order valence-corrected chi connectivity index (χ4v) is 2.46. The Bertz CT molecular complexity index is 441. The van der Waals surface area contributed by atoms with Crippen LogP contribution < -0.4 is 5.32 Å². The molecule has 1 amide bonds. The monoisotopic (exact) mass is 349 g/mol. The Kier molecular flexibility index (Phi) is 6.27. The van der Waals surface area contributed by atoms with Gasteiger partial charge in [0, 0.05) is 23.4 Å². The fraction of sp³-hybridized carbons (Fsp3) is 0.500. The van der Waals surface area contributed by atoms with Gasteiger partial charge in [-0.2, -0.15) is 0 Å². The first-order valence-corrected chi connectivity index (χ1v) is 7.60. The molecule has 0 fully saturated rings. The Balaban J connectivity index is 2.72. The van der Waals surface area contributed by atoms with Crippen LogP contribution in [0.4, 0.5) is 4.39 Å². The highest BCUT2D eigenvalue weighted by atomic mass is 79.9. The normalized spacial score (nSPS) is 11.4. The molecule has 0 unspecified atom stereocenters. The minimum atomic E-state index is -0.442. The standard InChI is InChI=1S/C14H18BrClFNO/c1-3-14(4-2,8-16)9-18-13(19)10-5-6-11(15)12(17)7-10/h5-7H,3-4,8-9H2,1-2H3,(H,18,19). The lowest BCUT2D eigenvalue weighted by atomic mass is 9.84. The maximum absolute atomic E-state index is 13.4. The van der Waals surface area contributed by atoms with Gasteiger partial charge in [-0.05, 0) is 47.0 Å².